The van der Waals surface area contributed by atoms with Crippen LogP contribution in [0.1, 0.15) is 24.2 Å². The second kappa shape index (κ2) is 5.24. The lowest BCUT2D eigenvalue weighted by Crippen LogP contribution is -2.15. The smallest absolute Gasteiger partial charge is 0.354 e. The van der Waals surface area contributed by atoms with Gasteiger partial charge >= 0.3 is 11.6 Å². The predicted molar refractivity (Wildman–Crippen MR) is 71.3 cm³/mol. The Morgan fingerprint density at radius 3 is 2.65 bits per heavy atom. The standard InChI is InChI=1S/C14H14O6/c1-7(2)19-8-4-5-10-9(6-8)12(15)11(13(16)18-3)14(17)20-10/h4-7,15H,1-3H3. The summed E-state index contributed by atoms with van der Waals surface area (Å²) in [6.07, 6.45) is -0.0506. The van der Waals surface area contributed by atoms with Gasteiger partial charge in [-0.05, 0) is 32.0 Å². The van der Waals surface area contributed by atoms with Crippen LogP contribution in [0.2, 0.25) is 0 Å². The number of fused-ring (bicyclic) bond motifs is 1. The van der Waals surface area contributed by atoms with Gasteiger partial charge in [0.25, 0.3) is 0 Å². The van der Waals surface area contributed by atoms with Crippen LogP contribution in [-0.2, 0) is 4.74 Å². The molecular formula is C14H14O6. The number of hydrogen-bond acceptors (Lipinski definition) is 6. The lowest BCUT2D eigenvalue weighted by atomic mass is 10.1. The van der Waals surface area contributed by atoms with E-state index in [1.807, 2.05) is 13.8 Å². The molecule has 0 saturated heterocycles. The Morgan fingerprint density at radius 1 is 1.35 bits per heavy atom. The zero-order valence-electron chi connectivity index (χ0n) is 11.3. The first-order valence-corrected chi connectivity index (χ1v) is 5.99. The third-order valence-corrected chi connectivity index (χ3v) is 2.61. The van der Waals surface area contributed by atoms with Crippen molar-refractivity contribution in [1.29, 1.82) is 0 Å². The second-order valence-corrected chi connectivity index (χ2v) is 4.43. The Bertz CT molecular complexity index is 713. The van der Waals surface area contributed by atoms with E-state index in [9.17, 15) is 14.7 Å². The zero-order valence-corrected chi connectivity index (χ0v) is 11.3. The van der Waals surface area contributed by atoms with Crippen LogP contribution in [-0.4, -0.2) is 24.3 Å². The first kappa shape index (κ1) is 13.9. The highest BCUT2D eigenvalue weighted by Gasteiger charge is 2.21. The average molecular weight is 278 g/mol. The van der Waals surface area contributed by atoms with E-state index >= 15 is 0 Å². The molecule has 0 radical (unpaired) electrons. The van der Waals surface area contributed by atoms with Crippen LogP contribution >= 0.6 is 0 Å². The molecule has 1 N–H and O–H groups in total. The van der Waals surface area contributed by atoms with E-state index in [4.69, 9.17) is 9.15 Å². The fraction of sp³-hybridized carbons (Fsp3) is 0.286. The molecule has 0 aliphatic carbocycles. The summed E-state index contributed by atoms with van der Waals surface area (Å²) < 4.78 is 14.9. The van der Waals surface area contributed by atoms with Crippen LogP contribution < -0.4 is 10.4 Å². The maximum atomic E-state index is 11.7. The molecule has 0 spiro atoms. The van der Waals surface area contributed by atoms with E-state index in [1.54, 1.807) is 6.07 Å². The summed E-state index contributed by atoms with van der Waals surface area (Å²) in [7, 11) is 1.11. The van der Waals surface area contributed by atoms with Crippen molar-refractivity contribution in [3.8, 4) is 11.5 Å². The summed E-state index contributed by atoms with van der Waals surface area (Å²) in [5.74, 6) is -0.932. The van der Waals surface area contributed by atoms with E-state index in [-0.39, 0.29) is 17.1 Å². The highest BCUT2D eigenvalue weighted by molar-refractivity contribution is 5.98. The number of aromatic hydroxyl groups is 1. The second-order valence-electron chi connectivity index (χ2n) is 4.43. The van der Waals surface area contributed by atoms with Gasteiger partial charge in [-0.1, -0.05) is 0 Å². The molecule has 6 heteroatoms. The Balaban J connectivity index is 2.68. The molecule has 20 heavy (non-hydrogen) atoms. The molecule has 0 bridgehead atoms. The van der Waals surface area contributed by atoms with Crippen LogP contribution in [0.3, 0.4) is 0 Å². The average Bonchev–Trinajstić information content (AvgIpc) is 2.38. The minimum Gasteiger partial charge on any atom is -0.506 e. The third kappa shape index (κ3) is 2.45. The quantitative estimate of drug-likeness (QED) is 0.683. The summed E-state index contributed by atoms with van der Waals surface area (Å²) in [4.78, 5) is 23.1. The van der Waals surface area contributed by atoms with Crippen molar-refractivity contribution in [2.75, 3.05) is 7.11 Å². The molecule has 2 aromatic rings. The van der Waals surface area contributed by atoms with Gasteiger partial charge in [0.2, 0.25) is 0 Å². The van der Waals surface area contributed by atoms with Gasteiger partial charge < -0.3 is 19.0 Å². The van der Waals surface area contributed by atoms with Gasteiger partial charge in [-0.3, -0.25) is 0 Å². The van der Waals surface area contributed by atoms with Crippen molar-refractivity contribution in [1.82, 2.24) is 0 Å². The predicted octanol–water partition coefficient (Wildman–Crippen LogP) is 2.07. The van der Waals surface area contributed by atoms with Gasteiger partial charge in [0.15, 0.2) is 5.56 Å². The van der Waals surface area contributed by atoms with Gasteiger partial charge in [-0.15, -0.1) is 0 Å². The maximum Gasteiger partial charge on any atom is 0.354 e. The molecule has 0 saturated carbocycles. The molecule has 0 atom stereocenters. The molecule has 6 nitrogen and oxygen atoms in total. The van der Waals surface area contributed by atoms with Crippen molar-refractivity contribution in [3.05, 3.63) is 34.2 Å². The van der Waals surface area contributed by atoms with Crippen molar-refractivity contribution < 1.29 is 23.8 Å². The fourth-order valence-electron chi connectivity index (χ4n) is 1.79. The Kier molecular flexibility index (Phi) is 3.65. The van der Waals surface area contributed by atoms with E-state index < -0.39 is 22.9 Å². The number of methoxy groups -OCH3 is 1. The van der Waals surface area contributed by atoms with Crippen LogP contribution in [0.5, 0.6) is 11.5 Å². The van der Waals surface area contributed by atoms with Crippen LogP contribution in [0, 0.1) is 0 Å². The fourth-order valence-corrected chi connectivity index (χ4v) is 1.79. The number of hydrogen-bond donors (Lipinski definition) is 1. The molecule has 1 heterocycles. The number of ether oxygens (including phenoxy) is 2. The summed E-state index contributed by atoms with van der Waals surface area (Å²) >= 11 is 0. The van der Waals surface area contributed by atoms with Crippen molar-refractivity contribution in [2.45, 2.75) is 20.0 Å². The van der Waals surface area contributed by atoms with Crippen molar-refractivity contribution >= 4 is 16.9 Å². The summed E-state index contributed by atoms with van der Waals surface area (Å²) in [6, 6.07) is 4.61. The number of benzene rings is 1. The molecule has 1 aromatic carbocycles. The highest BCUT2D eigenvalue weighted by Crippen LogP contribution is 2.30. The maximum absolute atomic E-state index is 11.7. The molecule has 0 unspecified atom stereocenters. The van der Waals surface area contributed by atoms with Gasteiger partial charge in [0, 0.05) is 0 Å². The zero-order chi connectivity index (χ0) is 14.9. The molecule has 2 rings (SSSR count). The Morgan fingerprint density at radius 2 is 2.05 bits per heavy atom. The van der Waals surface area contributed by atoms with Gasteiger partial charge in [0.05, 0.1) is 18.6 Å². The minimum atomic E-state index is -0.951. The van der Waals surface area contributed by atoms with E-state index in [2.05, 4.69) is 4.74 Å². The number of carbonyl (C=O) groups is 1. The van der Waals surface area contributed by atoms with Gasteiger partial charge in [-0.2, -0.15) is 0 Å². The normalized spacial score (nSPS) is 10.8. The minimum absolute atomic E-state index is 0.0506. The monoisotopic (exact) mass is 278 g/mol. The topological polar surface area (TPSA) is 86.0 Å². The van der Waals surface area contributed by atoms with Crippen molar-refractivity contribution in [2.24, 2.45) is 0 Å². The van der Waals surface area contributed by atoms with E-state index in [1.165, 1.54) is 12.1 Å². The van der Waals surface area contributed by atoms with Crippen molar-refractivity contribution in [3.63, 3.8) is 0 Å². The molecule has 1 aromatic heterocycles. The van der Waals surface area contributed by atoms with Crippen LogP contribution in [0.15, 0.2) is 27.4 Å². The lowest BCUT2D eigenvalue weighted by molar-refractivity contribution is 0.0592. The van der Waals surface area contributed by atoms with E-state index in [0.717, 1.165) is 7.11 Å². The molecule has 0 aliphatic rings. The molecular weight excluding hydrogens is 264 g/mol. The third-order valence-electron chi connectivity index (χ3n) is 2.61. The SMILES string of the molecule is COC(=O)c1c(O)c2cc(OC(C)C)ccc2oc1=O. The van der Waals surface area contributed by atoms with Crippen LogP contribution in [0.25, 0.3) is 11.0 Å². The Hall–Kier alpha value is -2.50. The number of esters is 1. The first-order chi connectivity index (χ1) is 9.43. The highest BCUT2D eigenvalue weighted by atomic mass is 16.5. The van der Waals surface area contributed by atoms with Gasteiger partial charge in [-0.25, -0.2) is 9.59 Å². The largest absolute Gasteiger partial charge is 0.506 e. The van der Waals surface area contributed by atoms with Crippen LogP contribution in [0.4, 0.5) is 0 Å². The lowest BCUT2D eigenvalue weighted by Gasteiger charge is -2.11. The summed E-state index contributed by atoms with van der Waals surface area (Å²) in [6.45, 7) is 3.71. The van der Waals surface area contributed by atoms with Gasteiger partial charge in [0.1, 0.15) is 17.1 Å². The number of carbonyl (C=O) groups excluding carboxylic acids is 1. The summed E-state index contributed by atoms with van der Waals surface area (Å²) in [5.41, 5.74) is -1.31. The molecule has 106 valence electrons. The summed E-state index contributed by atoms with van der Waals surface area (Å²) in [5, 5.41) is 10.3. The molecule has 0 amide bonds. The molecule has 0 aliphatic heterocycles. The Labute approximate surface area is 114 Å². The number of rotatable bonds is 3. The van der Waals surface area contributed by atoms with E-state index in [0.29, 0.717) is 5.75 Å². The first-order valence-electron chi connectivity index (χ1n) is 5.99. The molecule has 0 fully saturated rings.